The summed E-state index contributed by atoms with van der Waals surface area (Å²) in [4.78, 5) is 0.772. The zero-order valence-electron chi connectivity index (χ0n) is 14.2. The second kappa shape index (κ2) is 6.66. The van der Waals surface area contributed by atoms with Crippen molar-refractivity contribution in [2.24, 2.45) is 0 Å². The molecule has 2 aromatic heterocycles. The molecule has 0 saturated carbocycles. The van der Waals surface area contributed by atoms with Crippen molar-refractivity contribution in [3.05, 3.63) is 84.9 Å². The van der Waals surface area contributed by atoms with E-state index >= 15 is 0 Å². The van der Waals surface area contributed by atoms with E-state index in [-0.39, 0.29) is 0 Å². The molecule has 5 rings (SSSR count). The van der Waals surface area contributed by atoms with Crippen LogP contribution in [-0.2, 0) is 0 Å². The first kappa shape index (κ1) is 15.7. The van der Waals surface area contributed by atoms with Crippen LogP contribution in [0.4, 0.5) is 0 Å². The second-order valence-corrected chi connectivity index (χ2v) is 6.89. The third-order valence-corrected chi connectivity index (χ3v) is 5.05. The smallest absolute Gasteiger partial charge is 0.235 e. The Morgan fingerprint density at radius 3 is 2.07 bits per heavy atom. The molecule has 6 heteroatoms. The maximum atomic E-state index is 5.85. The lowest BCUT2D eigenvalue weighted by Crippen LogP contribution is -1.90. The minimum atomic E-state index is 0.747. The lowest BCUT2D eigenvalue weighted by molar-refractivity contribution is 0.483. The average molecular weight is 370 g/mol. The fourth-order valence-electron chi connectivity index (χ4n) is 2.79. The summed E-state index contributed by atoms with van der Waals surface area (Å²) in [6.07, 6.45) is 0. The Bertz CT molecular complexity index is 1180. The molecule has 0 amide bonds. The SMILES string of the molecule is c1ccc(Oc2ccc(-c3nn4c(-c5ccccc5)nnc4s3)cc2)cc1. The van der Waals surface area contributed by atoms with Crippen LogP contribution in [0.2, 0.25) is 0 Å². The Kier molecular flexibility index (Phi) is 3.88. The van der Waals surface area contributed by atoms with E-state index in [4.69, 9.17) is 9.84 Å². The fourth-order valence-corrected chi connectivity index (χ4v) is 3.64. The molecule has 5 aromatic rings. The number of ether oxygens (including phenoxy) is 1. The first-order valence-electron chi connectivity index (χ1n) is 8.48. The van der Waals surface area contributed by atoms with Crippen LogP contribution in [0.3, 0.4) is 0 Å². The summed E-state index contributed by atoms with van der Waals surface area (Å²) in [5, 5.41) is 14.1. The molecule has 0 saturated heterocycles. The van der Waals surface area contributed by atoms with Crippen LogP contribution >= 0.6 is 11.3 Å². The van der Waals surface area contributed by atoms with Crippen molar-refractivity contribution >= 4 is 16.3 Å². The average Bonchev–Trinajstić information content (AvgIpc) is 3.31. The molecule has 0 bridgehead atoms. The summed E-state index contributed by atoms with van der Waals surface area (Å²) in [6, 6.07) is 27.6. The zero-order valence-corrected chi connectivity index (χ0v) is 15.0. The Morgan fingerprint density at radius 1 is 0.667 bits per heavy atom. The zero-order chi connectivity index (χ0) is 18.1. The molecule has 2 heterocycles. The van der Waals surface area contributed by atoms with E-state index in [2.05, 4.69) is 10.2 Å². The van der Waals surface area contributed by atoms with Gasteiger partial charge in [-0.05, 0) is 36.4 Å². The van der Waals surface area contributed by atoms with Crippen molar-refractivity contribution in [3.8, 4) is 33.5 Å². The first-order valence-corrected chi connectivity index (χ1v) is 9.29. The third kappa shape index (κ3) is 3.07. The Labute approximate surface area is 159 Å². The van der Waals surface area contributed by atoms with Crippen molar-refractivity contribution < 1.29 is 4.74 Å². The van der Waals surface area contributed by atoms with E-state index in [0.717, 1.165) is 38.4 Å². The van der Waals surface area contributed by atoms with Crippen LogP contribution in [0, 0.1) is 0 Å². The van der Waals surface area contributed by atoms with Crippen LogP contribution in [-0.4, -0.2) is 19.8 Å². The minimum absolute atomic E-state index is 0.747. The van der Waals surface area contributed by atoms with E-state index in [1.807, 2.05) is 84.9 Å². The summed E-state index contributed by atoms with van der Waals surface area (Å²) in [6.45, 7) is 0. The molecular formula is C21H14N4OS. The highest BCUT2D eigenvalue weighted by Crippen LogP contribution is 2.30. The number of hydrogen-bond acceptors (Lipinski definition) is 5. The van der Waals surface area contributed by atoms with Gasteiger partial charge in [0.05, 0.1) is 0 Å². The summed E-state index contributed by atoms with van der Waals surface area (Å²) in [5.74, 6) is 2.35. The summed E-state index contributed by atoms with van der Waals surface area (Å²) >= 11 is 1.51. The van der Waals surface area contributed by atoms with E-state index in [9.17, 15) is 0 Å². The monoisotopic (exact) mass is 370 g/mol. The number of fused-ring (bicyclic) bond motifs is 1. The van der Waals surface area contributed by atoms with Crippen LogP contribution in [0.5, 0.6) is 11.5 Å². The lowest BCUT2D eigenvalue weighted by Gasteiger charge is -2.05. The van der Waals surface area contributed by atoms with Gasteiger partial charge in [-0.3, -0.25) is 0 Å². The Hall–Kier alpha value is -3.51. The predicted molar refractivity (Wildman–Crippen MR) is 106 cm³/mol. The predicted octanol–water partition coefficient (Wildman–Crippen LogP) is 5.31. The summed E-state index contributed by atoms with van der Waals surface area (Å²) in [5.41, 5.74) is 2.01. The molecule has 0 aliphatic rings. The molecular weight excluding hydrogens is 356 g/mol. The molecule has 0 spiro atoms. The standard InChI is InChI=1S/C21H14N4OS/c1-3-7-15(8-4-1)19-22-23-21-25(19)24-20(27-21)16-11-13-18(14-12-16)26-17-9-5-2-6-10-17/h1-14H. The highest BCUT2D eigenvalue weighted by atomic mass is 32.1. The van der Waals surface area contributed by atoms with E-state index in [1.165, 1.54) is 11.3 Å². The fraction of sp³-hybridized carbons (Fsp3) is 0. The number of benzene rings is 3. The third-order valence-electron chi connectivity index (χ3n) is 4.10. The second-order valence-electron chi connectivity index (χ2n) is 5.93. The van der Waals surface area contributed by atoms with E-state index < -0.39 is 0 Å². The van der Waals surface area contributed by atoms with Gasteiger partial charge in [-0.1, -0.05) is 59.9 Å². The molecule has 5 nitrogen and oxygen atoms in total. The normalized spacial score (nSPS) is 11.0. The maximum absolute atomic E-state index is 5.85. The molecule has 0 N–H and O–H groups in total. The minimum Gasteiger partial charge on any atom is -0.457 e. The highest BCUT2D eigenvalue weighted by molar-refractivity contribution is 7.19. The van der Waals surface area contributed by atoms with Crippen LogP contribution in [0.1, 0.15) is 0 Å². The van der Waals surface area contributed by atoms with Crippen LogP contribution in [0.25, 0.3) is 26.9 Å². The number of rotatable bonds is 4. The number of hydrogen-bond donors (Lipinski definition) is 0. The summed E-state index contributed by atoms with van der Waals surface area (Å²) in [7, 11) is 0. The van der Waals surface area contributed by atoms with Gasteiger partial charge in [0, 0.05) is 11.1 Å². The van der Waals surface area contributed by atoms with Gasteiger partial charge in [0.25, 0.3) is 0 Å². The Balaban J connectivity index is 1.45. The highest BCUT2D eigenvalue weighted by Gasteiger charge is 2.14. The molecule has 0 aliphatic carbocycles. The van der Waals surface area contributed by atoms with Gasteiger partial charge in [-0.2, -0.15) is 9.61 Å². The number of aromatic nitrogens is 4. The lowest BCUT2D eigenvalue weighted by atomic mass is 10.2. The van der Waals surface area contributed by atoms with Gasteiger partial charge in [-0.25, -0.2) is 0 Å². The topological polar surface area (TPSA) is 52.3 Å². The van der Waals surface area contributed by atoms with Gasteiger partial charge in [0.15, 0.2) is 5.82 Å². The van der Waals surface area contributed by atoms with Gasteiger partial charge < -0.3 is 4.74 Å². The van der Waals surface area contributed by atoms with Crippen molar-refractivity contribution in [1.29, 1.82) is 0 Å². The largest absolute Gasteiger partial charge is 0.457 e. The van der Waals surface area contributed by atoms with E-state index in [0.29, 0.717) is 0 Å². The van der Waals surface area contributed by atoms with Gasteiger partial charge in [0.2, 0.25) is 4.96 Å². The van der Waals surface area contributed by atoms with Crippen molar-refractivity contribution in [1.82, 2.24) is 19.8 Å². The molecule has 0 aliphatic heterocycles. The van der Waals surface area contributed by atoms with E-state index in [1.54, 1.807) is 4.52 Å². The number of para-hydroxylation sites is 1. The molecule has 0 fully saturated rings. The molecule has 0 unspecified atom stereocenters. The van der Waals surface area contributed by atoms with Crippen LogP contribution < -0.4 is 4.74 Å². The van der Waals surface area contributed by atoms with Gasteiger partial charge >= 0.3 is 0 Å². The molecule has 0 radical (unpaired) electrons. The van der Waals surface area contributed by atoms with Crippen molar-refractivity contribution in [3.63, 3.8) is 0 Å². The van der Waals surface area contributed by atoms with Crippen molar-refractivity contribution in [2.45, 2.75) is 0 Å². The van der Waals surface area contributed by atoms with Gasteiger partial charge in [-0.15, -0.1) is 10.2 Å². The Morgan fingerprint density at radius 2 is 1.33 bits per heavy atom. The van der Waals surface area contributed by atoms with Crippen molar-refractivity contribution in [2.75, 3.05) is 0 Å². The maximum Gasteiger partial charge on any atom is 0.235 e. The number of nitrogens with zero attached hydrogens (tertiary/aromatic N) is 4. The molecule has 130 valence electrons. The van der Waals surface area contributed by atoms with Crippen LogP contribution in [0.15, 0.2) is 84.9 Å². The quantitative estimate of drug-likeness (QED) is 0.430. The first-order chi connectivity index (χ1) is 13.4. The molecule has 0 atom stereocenters. The molecule has 3 aromatic carbocycles. The molecule has 27 heavy (non-hydrogen) atoms. The summed E-state index contributed by atoms with van der Waals surface area (Å²) < 4.78 is 7.64. The van der Waals surface area contributed by atoms with Gasteiger partial charge in [0.1, 0.15) is 16.5 Å².